The number of aliphatic hydroxyl groups excluding tert-OH is 1. The molecule has 1 N–H and O–H groups in total. The molecule has 1 heterocycles. The number of aliphatic hydroxyl groups is 1. The molecule has 1 aromatic heterocycles. The highest BCUT2D eigenvalue weighted by Crippen LogP contribution is 2.20. The molecule has 5 heteroatoms. The van der Waals surface area contributed by atoms with Crippen LogP contribution in [-0.4, -0.2) is 18.3 Å². The third-order valence-electron chi connectivity index (χ3n) is 3.54. The largest absolute Gasteiger partial charge is 0.493 e. The molecule has 124 valence electrons. The molecule has 3 aromatic rings. The standard InChI is InChI=1S/C19H18O5/c20-12-17-11-18(21)19(13-24-17)23-9-3-8-22-16-7-6-14-4-1-2-5-15(14)10-16/h1-2,4-7,10-11,13,20H,3,8-9,12H2. The summed E-state index contributed by atoms with van der Waals surface area (Å²) < 4.78 is 16.1. The second kappa shape index (κ2) is 7.66. The Morgan fingerprint density at radius 1 is 0.958 bits per heavy atom. The molecule has 3 rings (SSSR count). The van der Waals surface area contributed by atoms with E-state index in [0.717, 1.165) is 11.1 Å². The maximum atomic E-state index is 11.7. The molecule has 0 spiro atoms. The summed E-state index contributed by atoms with van der Waals surface area (Å²) in [7, 11) is 0. The molecule has 0 aliphatic carbocycles. The van der Waals surface area contributed by atoms with Crippen LogP contribution < -0.4 is 14.9 Å². The monoisotopic (exact) mass is 326 g/mol. The highest BCUT2D eigenvalue weighted by Gasteiger charge is 2.04. The van der Waals surface area contributed by atoms with Gasteiger partial charge in [0.05, 0.1) is 13.2 Å². The van der Waals surface area contributed by atoms with E-state index < -0.39 is 0 Å². The molecule has 0 saturated carbocycles. The van der Waals surface area contributed by atoms with Crippen LogP contribution in [0.1, 0.15) is 12.2 Å². The number of benzene rings is 2. The minimum atomic E-state index is -0.310. The zero-order valence-corrected chi connectivity index (χ0v) is 13.1. The average Bonchev–Trinajstić information content (AvgIpc) is 2.62. The molecular weight excluding hydrogens is 308 g/mol. The van der Waals surface area contributed by atoms with Crippen LogP contribution in [0.3, 0.4) is 0 Å². The topological polar surface area (TPSA) is 68.9 Å². The van der Waals surface area contributed by atoms with Gasteiger partial charge < -0.3 is 19.0 Å². The Balaban J connectivity index is 1.47. The SMILES string of the molecule is O=c1cc(CO)occ1OCCCOc1ccc2ccccc2c1. The van der Waals surface area contributed by atoms with Crippen LogP contribution in [0.25, 0.3) is 10.8 Å². The van der Waals surface area contributed by atoms with Crippen molar-refractivity contribution in [2.75, 3.05) is 13.2 Å². The van der Waals surface area contributed by atoms with Crippen molar-refractivity contribution in [1.82, 2.24) is 0 Å². The first-order valence-electron chi connectivity index (χ1n) is 7.73. The van der Waals surface area contributed by atoms with Gasteiger partial charge in [-0.3, -0.25) is 4.79 Å². The number of hydrogen-bond acceptors (Lipinski definition) is 5. The molecule has 5 nitrogen and oxygen atoms in total. The summed E-state index contributed by atoms with van der Waals surface area (Å²) in [5, 5.41) is 11.2. The number of ether oxygens (including phenoxy) is 2. The first-order valence-corrected chi connectivity index (χ1v) is 7.73. The molecule has 0 aliphatic rings. The van der Waals surface area contributed by atoms with Gasteiger partial charge in [0.2, 0.25) is 11.2 Å². The summed E-state index contributed by atoms with van der Waals surface area (Å²) in [6, 6.07) is 15.3. The van der Waals surface area contributed by atoms with Crippen LogP contribution in [0.15, 0.2) is 64.0 Å². The minimum absolute atomic E-state index is 0.137. The van der Waals surface area contributed by atoms with Gasteiger partial charge in [0.1, 0.15) is 24.4 Å². The Morgan fingerprint density at radius 2 is 1.75 bits per heavy atom. The number of fused-ring (bicyclic) bond motifs is 1. The lowest BCUT2D eigenvalue weighted by Crippen LogP contribution is -2.11. The van der Waals surface area contributed by atoms with E-state index in [1.165, 1.54) is 17.7 Å². The van der Waals surface area contributed by atoms with Gasteiger partial charge in [0, 0.05) is 12.5 Å². The molecule has 0 bridgehead atoms. The summed E-state index contributed by atoms with van der Waals surface area (Å²) in [5.74, 6) is 1.16. The molecular formula is C19H18O5. The quantitative estimate of drug-likeness (QED) is 0.676. The smallest absolute Gasteiger partial charge is 0.227 e. The molecule has 0 fully saturated rings. The summed E-state index contributed by atoms with van der Waals surface area (Å²) in [5.41, 5.74) is -0.305. The van der Waals surface area contributed by atoms with Crippen LogP contribution >= 0.6 is 0 Å². The maximum absolute atomic E-state index is 11.7. The lowest BCUT2D eigenvalue weighted by Gasteiger charge is -2.08. The van der Waals surface area contributed by atoms with Crippen molar-refractivity contribution in [2.24, 2.45) is 0 Å². The molecule has 0 atom stereocenters. The maximum Gasteiger partial charge on any atom is 0.227 e. The van der Waals surface area contributed by atoms with Gasteiger partial charge >= 0.3 is 0 Å². The van der Waals surface area contributed by atoms with Crippen molar-refractivity contribution in [1.29, 1.82) is 0 Å². The van der Waals surface area contributed by atoms with Crippen LogP contribution in [-0.2, 0) is 6.61 Å². The third kappa shape index (κ3) is 3.94. The molecule has 0 amide bonds. The van der Waals surface area contributed by atoms with E-state index in [4.69, 9.17) is 19.0 Å². The van der Waals surface area contributed by atoms with Crippen LogP contribution in [0, 0.1) is 0 Å². The average molecular weight is 326 g/mol. The zero-order chi connectivity index (χ0) is 16.8. The van der Waals surface area contributed by atoms with Gasteiger partial charge in [0.15, 0.2) is 0 Å². The summed E-state index contributed by atoms with van der Waals surface area (Å²) in [6.07, 6.45) is 1.85. The van der Waals surface area contributed by atoms with Gasteiger partial charge in [-0.15, -0.1) is 0 Å². The normalized spacial score (nSPS) is 10.7. The first-order chi connectivity index (χ1) is 11.8. The Hall–Kier alpha value is -2.79. The fraction of sp³-hybridized carbons (Fsp3) is 0.211. The number of rotatable bonds is 7. The van der Waals surface area contributed by atoms with Crippen molar-refractivity contribution in [2.45, 2.75) is 13.0 Å². The Labute approximate surface area is 139 Å². The van der Waals surface area contributed by atoms with Crippen molar-refractivity contribution in [3.63, 3.8) is 0 Å². The Bertz CT molecular complexity index is 869. The Kier molecular flexibility index (Phi) is 5.13. The van der Waals surface area contributed by atoms with E-state index in [9.17, 15) is 4.79 Å². The highest BCUT2D eigenvalue weighted by atomic mass is 16.5. The number of hydrogen-bond donors (Lipinski definition) is 1. The lowest BCUT2D eigenvalue weighted by atomic mass is 10.1. The second-order valence-corrected chi connectivity index (χ2v) is 5.29. The third-order valence-corrected chi connectivity index (χ3v) is 3.54. The molecule has 0 unspecified atom stereocenters. The van der Waals surface area contributed by atoms with E-state index in [0.29, 0.717) is 19.6 Å². The van der Waals surface area contributed by atoms with Crippen LogP contribution in [0.2, 0.25) is 0 Å². The molecule has 0 radical (unpaired) electrons. The van der Waals surface area contributed by atoms with Crippen LogP contribution in [0.4, 0.5) is 0 Å². The van der Waals surface area contributed by atoms with Gasteiger partial charge in [-0.2, -0.15) is 0 Å². The summed E-state index contributed by atoms with van der Waals surface area (Å²) >= 11 is 0. The van der Waals surface area contributed by atoms with E-state index >= 15 is 0 Å². The van der Waals surface area contributed by atoms with Crippen LogP contribution in [0.5, 0.6) is 11.5 Å². The molecule has 2 aromatic carbocycles. The molecule has 24 heavy (non-hydrogen) atoms. The molecule has 0 saturated heterocycles. The van der Waals surface area contributed by atoms with Crippen molar-refractivity contribution >= 4 is 10.8 Å². The summed E-state index contributed by atoms with van der Waals surface area (Å²) in [6.45, 7) is 0.518. The van der Waals surface area contributed by atoms with E-state index in [-0.39, 0.29) is 23.5 Å². The summed E-state index contributed by atoms with van der Waals surface area (Å²) in [4.78, 5) is 11.7. The highest BCUT2D eigenvalue weighted by molar-refractivity contribution is 5.83. The van der Waals surface area contributed by atoms with Gasteiger partial charge in [-0.1, -0.05) is 30.3 Å². The lowest BCUT2D eigenvalue weighted by molar-refractivity contribution is 0.228. The van der Waals surface area contributed by atoms with Gasteiger partial charge in [-0.25, -0.2) is 0 Å². The van der Waals surface area contributed by atoms with Crippen molar-refractivity contribution in [3.05, 3.63) is 70.8 Å². The van der Waals surface area contributed by atoms with E-state index in [2.05, 4.69) is 6.07 Å². The fourth-order valence-electron chi connectivity index (χ4n) is 2.31. The Morgan fingerprint density at radius 3 is 2.54 bits per heavy atom. The first kappa shape index (κ1) is 16.1. The second-order valence-electron chi connectivity index (χ2n) is 5.29. The predicted octanol–water partition coefficient (Wildman–Crippen LogP) is 3.13. The van der Waals surface area contributed by atoms with E-state index in [1.54, 1.807) is 0 Å². The minimum Gasteiger partial charge on any atom is -0.493 e. The van der Waals surface area contributed by atoms with Gasteiger partial charge in [-0.05, 0) is 22.9 Å². The predicted molar refractivity (Wildman–Crippen MR) is 90.5 cm³/mol. The van der Waals surface area contributed by atoms with E-state index in [1.807, 2.05) is 36.4 Å². The van der Waals surface area contributed by atoms with Gasteiger partial charge in [0.25, 0.3) is 0 Å². The van der Waals surface area contributed by atoms with Crippen molar-refractivity contribution in [3.8, 4) is 11.5 Å². The molecule has 0 aliphatic heterocycles. The fourth-order valence-corrected chi connectivity index (χ4v) is 2.31. The zero-order valence-electron chi connectivity index (χ0n) is 13.1. The van der Waals surface area contributed by atoms with Crippen molar-refractivity contribution < 1.29 is 19.0 Å².